The highest BCUT2D eigenvalue weighted by molar-refractivity contribution is 8.00. The summed E-state index contributed by atoms with van der Waals surface area (Å²) in [5, 5.41) is 13.8. The lowest BCUT2D eigenvalue weighted by Gasteiger charge is -2.50. The van der Waals surface area contributed by atoms with Crippen molar-refractivity contribution in [1.29, 1.82) is 0 Å². The zero-order chi connectivity index (χ0) is 29.4. The summed E-state index contributed by atoms with van der Waals surface area (Å²) in [5.74, 6) is 1.33. The number of nitrogens with one attached hydrogen (secondary N) is 4. The summed E-state index contributed by atoms with van der Waals surface area (Å²) < 4.78 is 17.6. The lowest BCUT2D eigenvalue weighted by atomic mass is 10.0. The normalized spacial score (nSPS) is 28.4. The van der Waals surface area contributed by atoms with Gasteiger partial charge in [0.1, 0.15) is 12.3 Å². The SMILES string of the molecule is O=C1NC2CSC(CCCCCNCCCCCCNc3ccc(OP(=O)(O)O)c(C[N+]45CCN(CC4)CC5)c3)C2N1. The highest BCUT2D eigenvalue weighted by Crippen LogP contribution is 2.41. The first kappa shape index (κ1) is 31.9. The van der Waals surface area contributed by atoms with Crippen LogP contribution < -0.4 is 25.8 Å². The molecule has 1 aromatic carbocycles. The van der Waals surface area contributed by atoms with E-state index in [1.165, 1.54) is 44.9 Å². The minimum atomic E-state index is -4.62. The third-order valence-corrected chi connectivity index (χ3v) is 11.3. The molecule has 5 heterocycles. The standard InChI is InChI=1S/C29H49N6O5PS/c36-29-32-25-22-42-27(28(25)33-29)8-4-3-6-12-30-11-5-1-2-7-13-31-24-9-10-26(40-41(37,38)39)23(20-24)21-35-17-14-34(15-18-35)16-19-35/h9-10,20,25,27-28,30-31H,1-8,11-19,21-22H2,(H3-,32,33,36,37,38,39)/p+1. The van der Waals surface area contributed by atoms with Crippen molar-refractivity contribution < 1.29 is 28.2 Å². The van der Waals surface area contributed by atoms with Crippen LogP contribution >= 0.6 is 19.6 Å². The van der Waals surface area contributed by atoms with Crippen LogP contribution in [-0.4, -0.2) is 107 Å². The van der Waals surface area contributed by atoms with Gasteiger partial charge in [-0.05, 0) is 57.0 Å². The lowest BCUT2D eigenvalue weighted by molar-refractivity contribution is -0.953. The summed E-state index contributed by atoms with van der Waals surface area (Å²) in [4.78, 5) is 32.9. The molecular weight excluding hydrogens is 575 g/mol. The van der Waals surface area contributed by atoms with Gasteiger partial charge in [0.15, 0.2) is 0 Å². The Hall–Kier alpha value is -1.53. The average Bonchev–Trinajstić information content (AvgIpc) is 3.52. The monoisotopic (exact) mass is 625 g/mol. The lowest BCUT2D eigenvalue weighted by Crippen LogP contribution is -2.66. The molecule has 0 aromatic heterocycles. The molecule has 0 spiro atoms. The Morgan fingerprint density at radius 3 is 2.38 bits per heavy atom. The first-order chi connectivity index (χ1) is 20.3. The maximum Gasteiger partial charge on any atom is 0.524 e. The van der Waals surface area contributed by atoms with E-state index >= 15 is 0 Å². The number of hydrogen-bond acceptors (Lipinski definition) is 7. The molecule has 2 bridgehead atoms. The van der Waals surface area contributed by atoms with Crippen molar-refractivity contribution in [3.8, 4) is 5.75 Å². The molecule has 2 amide bonds. The Morgan fingerprint density at radius 2 is 1.67 bits per heavy atom. The molecule has 13 heteroatoms. The van der Waals surface area contributed by atoms with Crippen molar-refractivity contribution in [3.05, 3.63) is 23.8 Å². The second kappa shape index (κ2) is 15.0. The molecule has 3 atom stereocenters. The van der Waals surface area contributed by atoms with E-state index in [2.05, 4.69) is 26.2 Å². The molecule has 0 aliphatic carbocycles. The fourth-order valence-electron chi connectivity index (χ4n) is 6.86. The van der Waals surface area contributed by atoms with Crippen molar-refractivity contribution in [2.45, 2.75) is 75.2 Å². The Balaban J connectivity index is 0.918. The van der Waals surface area contributed by atoms with Crippen LogP contribution in [0.3, 0.4) is 0 Å². The number of phosphoric ester groups is 1. The number of urea groups is 1. The third-order valence-electron chi connectivity index (χ3n) is 9.35. The minimum Gasteiger partial charge on any atom is -0.404 e. The van der Waals surface area contributed by atoms with Crippen LogP contribution in [0, 0.1) is 0 Å². The number of quaternary nitrogens is 1. The summed E-state index contributed by atoms with van der Waals surface area (Å²) in [6.45, 7) is 10.2. The molecule has 3 unspecified atom stereocenters. The molecule has 0 saturated carbocycles. The molecule has 5 aliphatic rings. The van der Waals surface area contributed by atoms with Crippen LogP contribution in [-0.2, 0) is 11.1 Å². The van der Waals surface area contributed by atoms with Crippen molar-refractivity contribution in [1.82, 2.24) is 20.9 Å². The summed E-state index contributed by atoms with van der Waals surface area (Å²) in [5.41, 5.74) is 1.85. The smallest absolute Gasteiger partial charge is 0.404 e. The highest BCUT2D eigenvalue weighted by Gasteiger charge is 2.42. The third kappa shape index (κ3) is 9.24. The van der Waals surface area contributed by atoms with Gasteiger partial charge in [-0.15, -0.1) is 0 Å². The molecule has 5 saturated heterocycles. The van der Waals surface area contributed by atoms with E-state index in [-0.39, 0.29) is 6.03 Å². The molecule has 42 heavy (non-hydrogen) atoms. The molecule has 0 radical (unpaired) electrons. The second-order valence-corrected chi connectivity index (χ2v) is 14.9. The van der Waals surface area contributed by atoms with Gasteiger partial charge in [0, 0.05) is 42.9 Å². The fourth-order valence-corrected chi connectivity index (χ4v) is 8.84. The summed E-state index contributed by atoms with van der Waals surface area (Å²) in [6.07, 6.45) is 9.50. The number of rotatable bonds is 18. The van der Waals surface area contributed by atoms with E-state index in [9.17, 15) is 19.1 Å². The van der Waals surface area contributed by atoms with Crippen molar-refractivity contribution in [2.75, 3.05) is 70.0 Å². The predicted molar refractivity (Wildman–Crippen MR) is 168 cm³/mol. The van der Waals surface area contributed by atoms with Gasteiger partial charge < -0.3 is 30.3 Å². The van der Waals surface area contributed by atoms with Crippen LogP contribution in [0.2, 0.25) is 0 Å². The number of thioether (sulfide) groups is 1. The van der Waals surface area contributed by atoms with E-state index in [1.807, 2.05) is 23.9 Å². The van der Waals surface area contributed by atoms with Crippen molar-refractivity contribution >= 4 is 31.3 Å². The molecule has 11 nitrogen and oxygen atoms in total. The molecule has 5 fully saturated rings. The van der Waals surface area contributed by atoms with Gasteiger partial charge in [-0.3, -0.25) is 14.7 Å². The zero-order valence-electron chi connectivity index (χ0n) is 24.8. The van der Waals surface area contributed by atoms with E-state index in [4.69, 9.17) is 4.52 Å². The number of phosphoric acid groups is 1. The number of fused-ring (bicyclic) bond motifs is 4. The van der Waals surface area contributed by atoms with Gasteiger partial charge >= 0.3 is 13.9 Å². The van der Waals surface area contributed by atoms with Gasteiger partial charge in [-0.2, -0.15) is 11.8 Å². The number of carbonyl (C=O) groups excluding carboxylic acids is 1. The van der Waals surface area contributed by atoms with Gasteiger partial charge in [0.05, 0.1) is 37.3 Å². The number of anilines is 1. The Kier molecular flexibility index (Phi) is 11.4. The van der Waals surface area contributed by atoms with Crippen LogP contribution in [0.1, 0.15) is 56.9 Å². The largest absolute Gasteiger partial charge is 0.524 e. The Labute approximate surface area is 254 Å². The van der Waals surface area contributed by atoms with Crippen LogP contribution in [0.4, 0.5) is 10.5 Å². The topological polar surface area (TPSA) is 135 Å². The second-order valence-electron chi connectivity index (χ2n) is 12.5. The quantitative estimate of drug-likeness (QED) is 0.0630. The van der Waals surface area contributed by atoms with Crippen LogP contribution in [0.25, 0.3) is 0 Å². The maximum atomic E-state index is 11.6. The van der Waals surface area contributed by atoms with Crippen molar-refractivity contribution in [3.63, 3.8) is 0 Å². The molecule has 6 N–H and O–H groups in total. The van der Waals surface area contributed by atoms with E-state index in [0.717, 1.165) is 93.4 Å². The first-order valence-electron chi connectivity index (χ1n) is 15.9. The summed E-state index contributed by atoms with van der Waals surface area (Å²) >= 11 is 2.00. The molecule has 1 aromatic rings. The average molecular weight is 626 g/mol. The van der Waals surface area contributed by atoms with E-state index in [0.29, 0.717) is 23.1 Å². The number of benzene rings is 1. The number of piperazine rings is 3. The number of carbonyl (C=O) groups is 1. The highest BCUT2D eigenvalue weighted by atomic mass is 32.2. The fraction of sp³-hybridized carbons (Fsp3) is 0.759. The summed E-state index contributed by atoms with van der Waals surface area (Å²) in [6, 6.07) is 6.24. The zero-order valence-corrected chi connectivity index (χ0v) is 26.5. The van der Waals surface area contributed by atoms with Gasteiger partial charge in [0.2, 0.25) is 0 Å². The number of hydrogen-bond donors (Lipinski definition) is 6. The summed E-state index contributed by atoms with van der Waals surface area (Å²) in [7, 11) is -4.62. The molecule has 5 aliphatic heterocycles. The van der Waals surface area contributed by atoms with E-state index < -0.39 is 7.82 Å². The van der Waals surface area contributed by atoms with Crippen LogP contribution in [0.15, 0.2) is 18.2 Å². The molecule has 6 rings (SSSR count). The van der Waals surface area contributed by atoms with Crippen LogP contribution in [0.5, 0.6) is 5.75 Å². The maximum absolute atomic E-state index is 11.6. The Bertz CT molecular complexity index is 1070. The van der Waals surface area contributed by atoms with Gasteiger partial charge in [-0.25, -0.2) is 9.36 Å². The number of unbranched alkanes of at least 4 members (excludes halogenated alkanes) is 5. The van der Waals surface area contributed by atoms with Gasteiger partial charge in [0.25, 0.3) is 0 Å². The minimum absolute atomic E-state index is 0.00209. The Morgan fingerprint density at radius 1 is 0.976 bits per heavy atom. The number of nitrogens with zero attached hydrogens (tertiary/aromatic N) is 2. The number of amides is 2. The molecular formula is C29H50N6O5PS+. The predicted octanol–water partition coefficient (Wildman–Crippen LogP) is 3.09. The van der Waals surface area contributed by atoms with Gasteiger partial charge in [-0.1, -0.05) is 25.7 Å². The van der Waals surface area contributed by atoms with E-state index in [1.54, 1.807) is 6.07 Å². The molecule has 236 valence electrons. The van der Waals surface area contributed by atoms with Crippen molar-refractivity contribution in [2.24, 2.45) is 0 Å². The first-order valence-corrected chi connectivity index (χ1v) is 18.5.